The van der Waals surface area contributed by atoms with Crippen molar-refractivity contribution in [3.8, 4) is 0 Å². The molecule has 0 amide bonds. The summed E-state index contributed by atoms with van der Waals surface area (Å²) in [5, 5.41) is 8.01. The van der Waals surface area contributed by atoms with Gasteiger partial charge < -0.3 is 5.32 Å². The number of benzene rings is 1. The molecule has 1 unspecified atom stereocenters. The van der Waals surface area contributed by atoms with E-state index in [9.17, 15) is 4.39 Å². The largest absolute Gasteiger partial charge is 0.316 e. The lowest BCUT2D eigenvalue weighted by Crippen LogP contribution is -2.29. The van der Waals surface area contributed by atoms with E-state index in [0.717, 1.165) is 18.4 Å². The SMILES string of the molecule is CNC(Cc1ccsc1)Cc1ccc(F)cc1Cl. The third-order valence-electron chi connectivity index (χ3n) is 2.95. The highest BCUT2D eigenvalue weighted by molar-refractivity contribution is 7.07. The number of likely N-dealkylation sites (N-methyl/N-ethyl adjacent to an activating group) is 1. The first kappa shape index (κ1) is 13.5. The normalized spacial score (nSPS) is 12.6. The van der Waals surface area contributed by atoms with Crippen LogP contribution in [0, 0.1) is 5.82 Å². The molecule has 1 aromatic heterocycles. The van der Waals surface area contributed by atoms with Gasteiger partial charge in [-0.2, -0.15) is 11.3 Å². The van der Waals surface area contributed by atoms with Crippen molar-refractivity contribution >= 4 is 22.9 Å². The standard InChI is InChI=1S/C14H15ClFNS/c1-17-13(6-10-4-5-18-9-10)7-11-2-3-12(16)8-14(11)15/h2-5,8-9,13,17H,6-7H2,1H3. The minimum absolute atomic E-state index is 0.289. The molecule has 1 heterocycles. The molecule has 1 atom stereocenters. The quantitative estimate of drug-likeness (QED) is 0.877. The predicted molar refractivity (Wildman–Crippen MR) is 76.0 cm³/mol. The molecule has 0 bridgehead atoms. The average Bonchev–Trinajstić information content (AvgIpc) is 2.84. The zero-order chi connectivity index (χ0) is 13.0. The van der Waals surface area contributed by atoms with Crippen LogP contribution in [0.25, 0.3) is 0 Å². The molecule has 18 heavy (non-hydrogen) atoms. The molecule has 0 saturated carbocycles. The fraction of sp³-hybridized carbons (Fsp3) is 0.286. The number of rotatable bonds is 5. The third-order valence-corrected chi connectivity index (χ3v) is 4.04. The van der Waals surface area contributed by atoms with Gasteiger partial charge in [-0.25, -0.2) is 4.39 Å². The summed E-state index contributed by atoms with van der Waals surface area (Å²) in [5.41, 5.74) is 2.30. The molecule has 2 aromatic rings. The summed E-state index contributed by atoms with van der Waals surface area (Å²) in [4.78, 5) is 0. The summed E-state index contributed by atoms with van der Waals surface area (Å²) < 4.78 is 13.0. The molecule has 0 fully saturated rings. The molecule has 0 spiro atoms. The Kier molecular flexibility index (Phi) is 4.75. The van der Waals surface area contributed by atoms with Gasteiger partial charge in [0.15, 0.2) is 0 Å². The lowest BCUT2D eigenvalue weighted by molar-refractivity contribution is 0.556. The summed E-state index contributed by atoms with van der Waals surface area (Å²) in [6.45, 7) is 0. The van der Waals surface area contributed by atoms with Gasteiger partial charge in [-0.1, -0.05) is 17.7 Å². The molecule has 96 valence electrons. The molecule has 0 saturated heterocycles. The van der Waals surface area contributed by atoms with Crippen LogP contribution < -0.4 is 5.32 Å². The van der Waals surface area contributed by atoms with Gasteiger partial charge in [0.05, 0.1) is 0 Å². The number of halogens is 2. The maximum Gasteiger partial charge on any atom is 0.124 e. The Morgan fingerprint density at radius 1 is 1.33 bits per heavy atom. The monoisotopic (exact) mass is 283 g/mol. The van der Waals surface area contributed by atoms with Crippen molar-refractivity contribution in [3.05, 3.63) is 57.0 Å². The molecule has 1 N–H and O–H groups in total. The van der Waals surface area contributed by atoms with Gasteiger partial charge in [0.25, 0.3) is 0 Å². The Balaban J connectivity index is 2.05. The van der Waals surface area contributed by atoms with Crippen molar-refractivity contribution in [2.24, 2.45) is 0 Å². The Morgan fingerprint density at radius 3 is 2.78 bits per heavy atom. The van der Waals surface area contributed by atoms with Gasteiger partial charge >= 0.3 is 0 Å². The van der Waals surface area contributed by atoms with Crippen molar-refractivity contribution in [1.82, 2.24) is 5.32 Å². The maximum atomic E-state index is 13.0. The minimum Gasteiger partial charge on any atom is -0.316 e. The van der Waals surface area contributed by atoms with E-state index in [1.165, 1.54) is 17.7 Å². The van der Waals surface area contributed by atoms with Gasteiger partial charge in [0.2, 0.25) is 0 Å². The Morgan fingerprint density at radius 2 is 2.17 bits per heavy atom. The van der Waals surface area contributed by atoms with Gasteiger partial charge in [-0.3, -0.25) is 0 Å². The van der Waals surface area contributed by atoms with E-state index in [1.807, 2.05) is 7.05 Å². The van der Waals surface area contributed by atoms with Crippen LogP contribution in [0.15, 0.2) is 35.0 Å². The highest BCUT2D eigenvalue weighted by Crippen LogP contribution is 2.20. The predicted octanol–water partition coefficient (Wildman–Crippen LogP) is 3.91. The van der Waals surface area contributed by atoms with E-state index < -0.39 is 0 Å². The van der Waals surface area contributed by atoms with Gasteiger partial charge in [-0.05, 0) is 60.0 Å². The highest BCUT2D eigenvalue weighted by Gasteiger charge is 2.11. The molecule has 0 aliphatic carbocycles. The fourth-order valence-electron chi connectivity index (χ4n) is 1.92. The molecule has 0 radical (unpaired) electrons. The molecule has 4 heteroatoms. The lowest BCUT2D eigenvalue weighted by Gasteiger charge is -2.16. The number of hydrogen-bond donors (Lipinski definition) is 1. The summed E-state index contributed by atoms with van der Waals surface area (Å²) in [6.07, 6.45) is 1.75. The van der Waals surface area contributed by atoms with E-state index in [2.05, 4.69) is 22.1 Å². The first-order valence-corrected chi connectivity index (χ1v) is 7.13. The van der Waals surface area contributed by atoms with Crippen LogP contribution >= 0.6 is 22.9 Å². The second-order valence-electron chi connectivity index (χ2n) is 4.26. The summed E-state index contributed by atoms with van der Waals surface area (Å²) >= 11 is 7.75. The number of thiophene rings is 1. The molecular formula is C14H15ClFNS. The van der Waals surface area contributed by atoms with Gasteiger partial charge in [-0.15, -0.1) is 0 Å². The first-order chi connectivity index (χ1) is 8.69. The molecular weight excluding hydrogens is 269 g/mol. The zero-order valence-corrected chi connectivity index (χ0v) is 11.7. The van der Waals surface area contributed by atoms with Crippen LogP contribution in [-0.2, 0) is 12.8 Å². The van der Waals surface area contributed by atoms with E-state index in [0.29, 0.717) is 11.1 Å². The number of nitrogens with one attached hydrogen (secondary N) is 1. The summed E-state index contributed by atoms with van der Waals surface area (Å²) in [5.74, 6) is -0.289. The van der Waals surface area contributed by atoms with Gasteiger partial charge in [0, 0.05) is 11.1 Å². The van der Waals surface area contributed by atoms with Crippen molar-refractivity contribution < 1.29 is 4.39 Å². The van der Waals surface area contributed by atoms with Crippen LogP contribution in [0.3, 0.4) is 0 Å². The van der Waals surface area contributed by atoms with E-state index in [4.69, 9.17) is 11.6 Å². The molecule has 0 aliphatic heterocycles. The van der Waals surface area contributed by atoms with Crippen molar-refractivity contribution in [3.63, 3.8) is 0 Å². The Bertz CT molecular complexity index is 499. The minimum atomic E-state index is -0.289. The van der Waals surface area contributed by atoms with Gasteiger partial charge in [0.1, 0.15) is 5.82 Å². The molecule has 2 rings (SSSR count). The van der Waals surface area contributed by atoms with Crippen molar-refractivity contribution in [2.45, 2.75) is 18.9 Å². The smallest absolute Gasteiger partial charge is 0.124 e. The van der Waals surface area contributed by atoms with Crippen LogP contribution in [0.2, 0.25) is 5.02 Å². The second-order valence-corrected chi connectivity index (χ2v) is 5.45. The molecule has 0 aliphatic rings. The van der Waals surface area contributed by atoms with Crippen LogP contribution in [-0.4, -0.2) is 13.1 Å². The van der Waals surface area contributed by atoms with Crippen LogP contribution in [0.4, 0.5) is 4.39 Å². The van der Waals surface area contributed by atoms with E-state index >= 15 is 0 Å². The zero-order valence-electron chi connectivity index (χ0n) is 10.1. The average molecular weight is 284 g/mol. The fourth-order valence-corrected chi connectivity index (χ4v) is 2.85. The summed E-state index contributed by atoms with van der Waals surface area (Å²) in [6, 6.07) is 7.02. The highest BCUT2D eigenvalue weighted by atomic mass is 35.5. The van der Waals surface area contributed by atoms with Crippen LogP contribution in [0.1, 0.15) is 11.1 Å². The molecule has 1 nitrogen and oxygen atoms in total. The topological polar surface area (TPSA) is 12.0 Å². The Labute approximate surface area is 116 Å². The van der Waals surface area contributed by atoms with Crippen molar-refractivity contribution in [2.75, 3.05) is 7.05 Å². The summed E-state index contributed by atoms with van der Waals surface area (Å²) in [7, 11) is 1.94. The maximum absolute atomic E-state index is 13.0. The Hall–Kier alpha value is -0.900. The van der Waals surface area contributed by atoms with E-state index in [1.54, 1.807) is 17.4 Å². The first-order valence-electron chi connectivity index (χ1n) is 5.81. The van der Waals surface area contributed by atoms with Crippen LogP contribution in [0.5, 0.6) is 0 Å². The van der Waals surface area contributed by atoms with Crippen molar-refractivity contribution in [1.29, 1.82) is 0 Å². The molecule has 1 aromatic carbocycles. The second kappa shape index (κ2) is 6.32. The lowest BCUT2D eigenvalue weighted by atomic mass is 10.0. The third kappa shape index (κ3) is 3.55. The number of hydrogen-bond acceptors (Lipinski definition) is 2. The van der Waals surface area contributed by atoms with E-state index in [-0.39, 0.29) is 5.82 Å².